The number of ether oxygens (including phenoxy) is 1. The number of nitrogens with one attached hydrogen (secondary N) is 1. The van der Waals surface area contributed by atoms with Gasteiger partial charge in [-0.3, -0.25) is 14.4 Å². The van der Waals surface area contributed by atoms with E-state index >= 15 is 0 Å². The fourth-order valence-electron chi connectivity index (χ4n) is 2.40. The Balaban J connectivity index is 1.90. The summed E-state index contributed by atoms with van der Waals surface area (Å²) in [4.78, 5) is 37.0. The number of amides is 2. The predicted octanol–water partition coefficient (Wildman–Crippen LogP) is 2.67. The number of hydrogen-bond donors (Lipinski definition) is 1. The minimum absolute atomic E-state index is 0.0613. The van der Waals surface area contributed by atoms with E-state index < -0.39 is 6.10 Å². The zero-order chi connectivity index (χ0) is 20.0. The number of carbonyl (C=O) groups is 3. The van der Waals surface area contributed by atoms with E-state index in [1.165, 1.54) is 11.8 Å². The van der Waals surface area contributed by atoms with Crippen molar-refractivity contribution in [2.45, 2.75) is 26.5 Å². The van der Waals surface area contributed by atoms with Gasteiger partial charge in [-0.25, -0.2) is 0 Å². The summed E-state index contributed by atoms with van der Waals surface area (Å²) >= 11 is 0. The number of rotatable bonds is 7. The molecule has 142 valence electrons. The Morgan fingerprint density at radius 1 is 1.04 bits per heavy atom. The van der Waals surface area contributed by atoms with E-state index in [-0.39, 0.29) is 17.6 Å². The van der Waals surface area contributed by atoms with Gasteiger partial charge in [-0.05, 0) is 43.7 Å². The maximum absolute atomic E-state index is 12.2. The van der Waals surface area contributed by atoms with E-state index in [9.17, 15) is 14.4 Å². The summed E-state index contributed by atoms with van der Waals surface area (Å²) in [7, 11) is 3.40. The van der Waals surface area contributed by atoms with Crippen molar-refractivity contribution in [1.82, 2.24) is 10.2 Å². The predicted molar refractivity (Wildman–Crippen MR) is 103 cm³/mol. The maximum Gasteiger partial charge on any atom is 0.261 e. The fourth-order valence-corrected chi connectivity index (χ4v) is 2.40. The van der Waals surface area contributed by atoms with Crippen LogP contribution in [0.1, 0.15) is 40.1 Å². The molecule has 6 heteroatoms. The summed E-state index contributed by atoms with van der Waals surface area (Å²) in [5, 5.41) is 2.80. The van der Waals surface area contributed by atoms with Crippen LogP contribution in [0.5, 0.6) is 5.75 Å². The van der Waals surface area contributed by atoms with Crippen molar-refractivity contribution < 1.29 is 19.1 Å². The van der Waals surface area contributed by atoms with Crippen molar-refractivity contribution in [3.63, 3.8) is 0 Å². The molecule has 0 aliphatic heterocycles. The molecule has 2 rings (SSSR count). The van der Waals surface area contributed by atoms with Crippen LogP contribution in [0.3, 0.4) is 0 Å². The SMILES string of the molecule is CC(=O)c1cccc(OC(C)C(=O)NCc2ccc(C(=O)N(C)C)cc2)c1. The summed E-state index contributed by atoms with van der Waals surface area (Å²) in [5.41, 5.74) is 2.01. The summed E-state index contributed by atoms with van der Waals surface area (Å²) in [6.45, 7) is 3.46. The van der Waals surface area contributed by atoms with Gasteiger partial charge in [0.2, 0.25) is 0 Å². The van der Waals surface area contributed by atoms with Crippen LogP contribution in [0.25, 0.3) is 0 Å². The van der Waals surface area contributed by atoms with E-state index in [2.05, 4.69) is 5.32 Å². The van der Waals surface area contributed by atoms with Crippen LogP contribution in [-0.4, -0.2) is 42.7 Å². The zero-order valence-electron chi connectivity index (χ0n) is 16.0. The van der Waals surface area contributed by atoms with Crippen LogP contribution < -0.4 is 10.1 Å². The monoisotopic (exact) mass is 368 g/mol. The lowest BCUT2D eigenvalue weighted by molar-refractivity contribution is -0.127. The molecule has 1 atom stereocenters. The molecule has 0 aliphatic rings. The maximum atomic E-state index is 12.2. The molecule has 0 aliphatic carbocycles. The number of carbonyl (C=O) groups excluding carboxylic acids is 3. The number of benzene rings is 2. The van der Waals surface area contributed by atoms with Gasteiger partial charge in [0.25, 0.3) is 11.8 Å². The summed E-state index contributed by atoms with van der Waals surface area (Å²) in [5.74, 6) is 0.0720. The molecule has 6 nitrogen and oxygen atoms in total. The molecule has 1 unspecified atom stereocenters. The molecule has 0 radical (unpaired) electrons. The molecular formula is C21H24N2O4. The van der Waals surface area contributed by atoms with Crippen molar-refractivity contribution in [3.8, 4) is 5.75 Å². The van der Waals surface area contributed by atoms with Gasteiger partial charge in [0.05, 0.1) is 0 Å². The third-order valence-electron chi connectivity index (χ3n) is 4.00. The van der Waals surface area contributed by atoms with Crippen LogP contribution >= 0.6 is 0 Å². The average Bonchev–Trinajstić information content (AvgIpc) is 2.65. The van der Waals surface area contributed by atoms with Crippen LogP contribution in [0.15, 0.2) is 48.5 Å². The van der Waals surface area contributed by atoms with Gasteiger partial charge in [0.1, 0.15) is 5.75 Å². The number of Topliss-reactive ketones (excluding diaryl/α,β-unsaturated/α-hetero) is 1. The minimum atomic E-state index is -0.707. The number of nitrogens with zero attached hydrogens (tertiary/aromatic N) is 1. The first-order valence-corrected chi connectivity index (χ1v) is 8.64. The number of ketones is 1. The zero-order valence-corrected chi connectivity index (χ0v) is 16.0. The first-order valence-electron chi connectivity index (χ1n) is 8.64. The minimum Gasteiger partial charge on any atom is -0.481 e. The summed E-state index contributed by atoms with van der Waals surface area (Å²) < 4.78 is 5.62. The summed E-state index contributed by atoms with van der Waals surface area (Å²) in [6, 6.07) is 13.8. The highest BCUT2D eigenvalue weighted by atomic mass is 16.5. The van der Waals surface area contributed by atoms with E-state index in [4.69, 9.17) is 4.74 Å². The topological polar surface area (TPSA) is 75.7 Å². The van der Waals surface area contributed by atoms with Gasteiger partial charge in [0.15, 0.2) is 11.9 Å². The molecule has 0 saturated heterocycles. The molecule has 2 amide bonds. The second kappa shape index (κ2) is 8.98. The lowest BCUT2D eigenvalue weighted by Gasteiger charge is -2.15. The quantitative estimate of drug-likeness (QED) is 0.763. The van der Waals surface area contributed by atoms with E-state index in [1.807, 2.05) is 0 Å². The second-order valence-electron chi connectivity index (χ2n) is 6.46. The highest BCUT2D eigenvalue weighted by molar-refractivity contribution is 5.94. The standard InChI is InChI=1S/C21H24N2O4/c1-14(24)18-6-5-7-19(12-18)27-15(2)20(25)22-13-16-8-10-17(11-9-16)21(26)23(3)4/h5-12,15H,13H2,1-4H3,(H,22,25). The van der Waals surface area contributed by atoms with E-state index in [0.29, 0.717) is 23.4 Å². The van der Waals surface area contributed by atoms with E-state index in [0.717, 1.165) is 5.56 Å². The molecule has 0 saturated carbocycles. The highest BCUT2D eigenvalue weighted by Crippen LogP contribution is 2.15. The van der Waals surface area contributed by atoms with Gasteiger partial charge in [-0.1, -0.05) is 24.3 Å². The second-order valence-corrected chi connectivity index (χ2v) is 6.46. The third-order valence-corrected chi connectivity index (χ3v) is 4.00. The Morgan fingerprint density at radius 3 is 2.30 bits per heavy atom. The smallest absolute Gasteiger partial charge is 0.261 e. The Kier molecular flexibility index (Phi) is 6.71. The van der Waals surface area contributed by atoms with E-state index in [1.54, 1.807) is 69.6 Å². The molecule has 0 bridgehead atoms. The fraction of sp³-hybridized carbons (Fsp3) is 0.286. The third kappa shape index (κ3) is 5.67. The van der Waals surface area contributed by atoms with Crippen molar-refractivity contribution in [2.24, 2.45) is 0 Å². The molecule has 0 fully saturated rings. The van der Waals surface area contributed by atoms with Crippen LogP contribution in [0.2, 0.25) is 0 Å². The average molecular weight is 368 g/mol. The van der Waals surface area contributed by atoms with Crippen molar-refractivity contribution in [3.05, 3.63) is 65.2 Å². The Hall–Kier alpha value is -3.15. The first kappa shape index (κ1) is 20.2. The van der Waals surface area contributed by atoms with Gasteiger partial charge in [-0.2, -0.15) is 0 Å². The van der Waals surface area contributed by atoms with Crippen LogP contribution in [0, 0.1) is 0 Å². The molecule has 0 spiro atoms. The van der Waals surface area contributed by atoms with Gasteiger partial charge in [-0.15, -0.1) is 0 Å². The Bertz CT molecular complexity index is 828. The molecule has 1 N–H and O–H groups in total. The lowest BCUT2D eigenvalue weighted by Crippen LogP contribution is -2.35. The Morgan fingerprint density at radius 2 is 1.70 bits per heavy atom. The lowest BCUT2D eigenvalue weighted by atomic mass is 10.1. The van der Waals surface area contributed by atoms with Gasteiger partial charge >= 0.3 is 0 Å². The number of hydrogen-bond acceptors (Lipinski definition) is 4. The molecule has 2 aromatic rings. The molecule has 0 aromatic heterocycles. The normalized spacial score (nSPS) is 11.4. The first-order chi connectivity index (χ1) is 12.8. The van der Waals surface area contributed by atoms with Crippen LogP contribution in [-0.2, 0) is 11.3 Å². The molecular weight excluding hydrogens is 344 g/mol. The Labute approximate surface area is 159 Å². The molecule has 27 heavy (non-hydrogen) atoms. The van der Waals surface area contributed by atoms with Gasteiger partial charge in [0, 0.05) is 31.8 Å². The van der Waals surface area contributed by atoms with Gasteiger partial charge < -0.3 is 15.0 Å². The summed E-state index contributed by atoms with van der Waals surface area (Å²) in [6.07, 6.45) is -0.707. The molecule has 0 heterocycles. The molecule has 2 aromatic carbocycles. The largest absolute Gasteiger partial charge is 0.481 e. The van der Waals surface area contributed by atoms with Crippen molar-refractivity contribution >= 4 is 17.6 Å². The highest BCUT2D eigenvalue weighted by Gasteiger charge is 2.15. The van der Waals surface area contributed by atoms with Crippen molar-refractivity contribution in [2.75, 3.05) is 14.1 Å². The van der Waals surface area contributed by atoms with Crippen LogP contribution in [0.4, 0.5) is 0 Å². The van der Waals surface area contributed by atoms with Crippen molar-refractivity contribution in [1.29, 1.82) is 0 Å².